The Kier molecular flexibility index (Phi) is 5.00. The number of benzene rings is 1. The van der Waals surface area contributed by atoms with Crippen molar-refractivity contribution in [3.05, 3.63) is 66.1 Å². The maximum atomic E-state index is 6.19. The Balaban J connectivity index is 1.87. The van der Waals surface area contributed by atoms with Gasteiger partial charge >= 0.3 is 0 Å². The van der Waals surface area contributed by atoms with E-state index in [1.54, 1.807) is 19.5 Å². The highest BCUT2D eigenvalue weighted by Crippen LogP contribution is 2.33. The average molecular weight is 344 g/mol. The lowest BCUT2D eigenvalue weighted by Gasteiger charge is -2.11. The first-order chi connectivity index (χ1) is 11.3. The molecular weight excluding hydrogens is 330 g/mol. The third kappa shape index (κ3) is 3.75. The van der Waals surface area contributed by atoms with Crippen molar-refractivity contribution in [2.75, 3.05) is 11.8 Å². The Bertz CT molecular complexity index is 799. The largest absolute Gasteiger partial charge is 0.481 e. The van der Waals surface area contributed by atoms with Crippen LogP contribution in [0.1, 0.15) is 0 Å². The Morgan fingerprint density at radius 3 is 2.70 bits per heavy atom. The fraction of sp³-hybridized carbons (Fsp3) is 0.0588. The van der Waals surface area contributed by atoms with Gasteiger partial charge < -0.3 is 9.46 Å². The summed E-state index contributed by atoms with van der Waals surface area (Å²) in [5.74, 6) is 0.554. The summed E-state index contributed by atoms with van der Waals surface area (Å²) >= 11 is 7.67. The van der Waals surface area contributed by atoms with Crippen molar-refractivity contribution in [2.45, 2.75) is 4.90 Å². The number of aromatic nitrogens is 2. The molecule has 2 heterocycles. The quantitative estimate of drug-likeness (QED) is 0.526. The number of methoxy groups -OCH3 is 1. The highest BCUT2D eigenvalue weighted by Gasteiger charge is 2.10. The van der Waals surface area contributed by atoms with Crippen LogP contribution in [-0.4, -0.2) is 17.1 Å². The van der Waals surface area contributed by atoms with Crippen LogP contribution in [0.15, 0.2) is 65.8 Å². The average Bonchev–Trinajstić information content (AvgIpc) is 2.62. The van der Waals surface area contributed by atoms with Gasteiger partial charge in [-0.3, -0.25) is 0 Å². The predicted octanol–water partition coefficient (Wildman–Crippen LogP) is 4.92. The Morgan fingerprint density at radius 2 is 1.91 bits per heavy atom. The van der Waals surface area contributed by atoms with Gasteiger partial charge in [-0.05, 0) is 42.3 Å². The molecule has 23 heavy (non-hydrogen) atoms. The minimum atomic E-state index is 0.417. The zero-order chi connectivity index (χ0) is 16.1. The van der Waals surface area contributed by atoms with Gasteiger partial charge in [0.05, 0.1) is 12.8 Å². The van der Waals surface area contributed by atoms with E-state index in [-0.39, 0.29) is 0 Å². The lowest BCUT2D eigenvalue weighted by atomic mass is 10.1. The van der Waals surface area contributed by atoms with Crippen LogP contribution in [-0.2, 0) is 0 Å². The number of rotatable bonds is 5. The van der Waals surface area contributed by atoms with E-state index in [2.05, 4.69) is 14.7 Å². The predicted molar refractivity (Wildman–Crippen MR) is 95.0 cm³/mol. The van der Waals surface area contributed by atoms with E-state index in [0.29, 0.717) is 11.0 Å². The molecule has 0 saturated carbocycles. The second kappa shape index (κ2) is 7.35. The van der Waals surface area contributed by atoms with E-state index in [4.69, 9.17) is 16.3 Å². The van der Waals surface area contributed by atoms with Crippen LogP contribution >= 0.6 is 23.5 Å². The maximum Gasteiger partial charge on any atom is 0.221 e. The minimum Gasteiger partial charge on any atom is -0.481 e. The fourth-order valence-corrected chi connectivity index (χ4v) is 2.93. The van der Waals surface area contributed by atoms with Crippen LogP contribution in [0.2, 0.25) is 5.15 Å². The lowest BCUT2D eigenvalue weighted by molar-refractivity contribution is 0.399. The molecule has 1 N–H and O–H groups in total. The minimum absolute atomic E-state index is 0.417. The highest BCUT2D eigenvalue weighted by molar-refractivity contribution is 8.00. The van der Waals surface area contributed by atoms with Gasteiger partial charge in [0.25, 0.3) is 0 Å². The van der Waals surface area contributed by atoms with Gasteiger partial charge in [-0.2, -0.15) is 0 Å². The van der Waals surface area contributed by atoms with Crippen LogP contribution in [0.25, 0.3) is 11.1 Å². The fourth-order valence-electron chi connectivity index (χ4n) is 2.04. The van der Waals surface area contributed by atoms with Crippen molar-refractivity contribution in [1.29, 1.82) is 0 Å². The molecule has 0 amide bonds. The number of pyridine rings is 2. The van der Waals surface area contributed by atoms with Crippen LogP contribution in [0, 0.1) is 0 Å². The number of ether oxygens (including phenoxy) is 1. The van der Waals surface area contributed by atoms with E-state index in [9.17, 15) is 0 Å². The summed E-state index contributed by atoms with van der Waals surface area (Å²) in [5, 5.41) is 0.417. The van der Waals surface area contributed by atoms with Crippen molar-refractivity contribution in [2.24, 2.45) is 0 Å². The number of hydrogen-bond acceptors (Lipinski definition) is 5. The highest BCUT2D eigenvalue weighted by atomic mass is 35.5. The van der Waals surface area contributed by atoms with Gasteiger partial charge in [0, 0.05) is 28.4 Å². The zero-order valence-corrected chi connectivity index (χ0v) is 13.9. The smallest absolute Gasteiger partial charge is 0.221 e. The number of hydrogen-bond donors (Lipinski definition) is 1. The molecule has 0 atom stereocenters. The van der Waals surface area contributed by atoms with Gasteiger partial charge in [-0.25, -0.2) is 9.97 Å². The molecule has 0 aliphatic rings. The summed E-state index contributed by atoms with van der Waals surface area (Å²) < 4.78 is 8.54. The molecule has 3 aromatic rings. The summed E-state index contributed by atoms with van der Waals surface area (Å²) in [5.41, 5.74) is 2.49. The molecule has 6 heteroatoms. The van der Waals surface area contributed by atoms with E-state index in [1.807, 2.05) is 48.5 Å². The summed E-state index contributed by atoms with van der Waals surface area (Å²) in [6, 6.07) is 15.7. The molecule has 0 fully saturated rings. The van der Waals surface area contributed by atoms with E-state index >= 15 is 0 Å². The topological polar surface area (TPSA) is 47.0 Å². The van der Waals surface area contributed by atoms with Crippen molar-refractivity contribution >= 4 is 29.2 Å². The molecule has 0 bridgehead atoms. The second-order valence-electron chi connectivity index (χ2n) is 4.64. The molecular formula is C17H14ClN3OS. The third-order valence-electron chi connectivity index (χ3n) is 3.14. The molecule has 4 nitrogen and oxygen atoms in total. The van der Waals surface area contributed by atoms with Crippen molar-refractivity contribution in [3.8, 4) is 17.0 Å². The first-order valence-electron chi connectivity index (χ1n) is 6.91. The molecule has 0 unspecified atom stereocenters. The normalized spacial score (nSPS) is 10.3. The van der Waals surface area contributed by atoms with E-state index in [1.165, 1.54) is 11.9 Å². The van der Waals surface area contributed by atoms with Gasteiger partial charge in [-0.1, -0.05) is 29.8 Å². The van der Waals surface area contributed by atoms with Gasteiger partial charge in [-0.15, -0.1) is 0 Å². The Labute approximate surface area is 144 Å². The monoisotopic (exact) mass is 343 g/mol. The summed E-state index contributed by atoms with van der Waals surface area (Å²) in [6.45, 7) is 0. The molecule has 0 aliphatic carbocycles. The SMILES string of the molecule is COc1ncccc1-c1cnc(Cl)c(NSc2ccccc2)c1. The number of anilines is 1. The van der Waals surface area contributed by atoms with Gasteiger partial charge in [0.1, 0.15) is 0 Å². The molecule has 0 radical (unpaired) electrons. The number of nitrogens with zero attached hydrogens (tertiary/aromatic N) is 2. The molecule has 1 aromatic carbocycles. The van der Waals surface area contributed by atoms with Gasteiger partial charge in [0.15, 0.2) is 5.15 Å². The van der Waals surface area contributed by atoms with Crippen LogP contribution < -0.4 is 9.46 Å². The number of halogens is 1. The van der Waals surface area contributed by atoms with Crippen LogP contribution in [0.5, 0.6) is 5.88 Å². The van der Waals surface area contributed by atoms with Crippen molar-refractivity contribution in [3.63, 3.8) is 0 Å². The van der Waals surface area contributed by atoms with Crippen LogP contribution in [0.3, 0.4) is 0 Å². The lowest BCUT2D eigenvalue weighted by Crippen LogP contribution is -1.94. The molecule has 0 spiro atoms. The van der Waals surface area contributed by atoms with Gasteiger partial charge in [0.2, 0.25) is 5.88 Å². The van der Waals surface area contributed by atoms with Crippen molar-refractivity contribution < 1.29 is 4.74 Å². The van der Waals surface area contributed by atoms with Crippen molar-refractivity contribution in [1.82, 2.24) is 9.97 Å². The first-order valence-corrected chi connectivity index (χ1v) is 8.10. The Hall–Kier alpha value is -2.24. The molecule has 2 aromatic heterocycles. The Morgan fingerprint density at radius 1 is 1.09 bits per heavy atom. The number of nitrogens with one attached hydrogen (secondary N) is 1. The second-order valence-corrected chi connectivity index (χ2v) is 5.88. The van der Waals surface area contributed by atoms with E-state index in [0.717, 1.165) is 21.7 Å². The van der Waals surface area contributed by atoms with E-state index < -0.39 is 0 Å². The summed E-state index contributed by atoms with van der Waals surface area (Å²) in [7, 11) is 1.60. The molecule has 116 valence electrons. The first kappa shape index (κ1) is 15.6. The third-order valence-corrected chi connectivity index (χ3v) is 4.27. The summed E-state index contributed by atoms with van der Waals surface area (Å²) in [4.78, 5) is 9.55. The molecule has 0 aliphatic heterocycles. The maximum absolute atomic E-state index is 6.19. The zero-order valence-electron chi connectivity index (χ0n) is 12.4. The van der Waals surface area contributed by atoms with Crippen LogP contribution in [0.4, 0.5) is 5.69 Å². The summed E-state index contributed by atoms with van der Waals surface area (Å²) in [6.07, 6.45) is 3.40. The molecule has 3 rings (SSSR count). The molecule has 0 saturated heterocycles. The standard InChI is InChI=1S/C17H14ClN3OS/c1-22-17-14(8-5-9-19-17)12-10-15(16(18)20-11-12)21-23-13-6-3-2-4-7-13/h2-11,21H,1H3.